The third kappa shape index (κ3) is 4.56. The Morgan fingerprint density at radius 1 is 1.24 bits per heavy atom. The van der Waals surface area contributed by atoms with Crippen LogP contribution >= 0.6 is 0 Å². The Morgan fingerprint density at radius 3 is 2.59 bits per heavy atom. The maximum atomic E-state index is 11.3. The van der Waals surface area contributed by atoms with Crippen LogP contribution in [-0.2, 0) is 0 Å². The minimum Gasteiger partial charge on any atom is -0.330 e. The second-order valence-corrected chi connectivity index (χ2v) is 4.31. The number of aromatic amines is 2. The Morgan fingerprint density at radius 2 is 2.00 bits per heavy atom. The molecule has 5 nitrogen and oxygen atoms in total. The Kier molecular flexibility index (Phi) is 5.69. The number of hydrogen-bond donors (Lipinski definition) is 3. The van der Waals surface area contributed by atoms with Crippen LogP contribution < -0.4 is 17.0 Å². The molecule has 0 saturated carbocycles. The van der Waals surface area contributed by atoms with Crippen molar-refractivity contribution in [1.29, 1.82) is 0 Å². The zero-order valence-corrected chi connectivity index (χ0v) is 10.3. The summed E-state index contributed by atoms with van der Waals surface area (Å²) in [5.74, 6) is 0.251. The van der Waals surface area contributed by atoms with Crippen LogP contribution in [0.4, 0.5) is 0 Å². The lowest BCUT2D eigenvalue weighted by Crippen LogP contribution is -2.24. The zero-order chi connectivity index (χ0) is 12.7. The van der Waals surface area contributed by atoms with Gasteiger partial charge in [-0.05, 0) is 31.7 Å². The topological polar surface area (TPSA) is 91.7 Å². The fourth-order valence-corrected chi connectivity index (χ4v) is 2.05. The number of rotatable bonds is 7. The van der Waals surface area contributed by atoms with Crippen molar-refractivity contribution in [1.82, 2.24) is 9.97 Å². The monoisotopic (exact) mass is 239 g/mol. The van der Waals surface area contributed by atoms with E-state index in [1.165, 1.54) is 6.07 Å². The molecule has 1 atom stereocenters. The SMILES string of the molecule is CCCC(CCCCN)c1cc(=O)[nH]c(=O)[nH]1. The van der Waals surface area contributed by atoms with Crippen LogP contribution in [0.2, 0.25) is 0 Å². The van der Waals surface area contributed by atoms with Gasteiger partial charge in [-0.25, -0.2) is 4.79 Å². The number of hydrogen-bond acceptors (Lipinski definition) is 3. The first-order valence-corrected chi connectivity index (χ1v) is 6.21. The van der Waals surface area contributed by atoms with Crippen LogP contribution in [0.25, 0.3) is 0 Å². The number of H-pyrrole nitrogens is 2. The van der Waals surface area contributed by atoms with E-state index in [2.05, 4.69) is 16.9 Å². The van der Waals surface area contributed by atoms with E-state index in [-0.39, 0.29) is 11.5 Å². The highest BCUT2D eigenvalue weighted by atomic mass is 16.2. The highest BCUT2D eigenvalue weighted by Gasteiger charge is 2.12. The lowest BCUT2D eigenvalue weighted by molar-refractivity contribution is 0.521. The highest BCUT2D eigenvalue weighted by Crippen LogP contribution is 2.23. The first kappa shape index (κ1) is 13.7. The van der Waals surface area contributed by atoms with Gasteiger partial charge in [-0.2, -0.15) is 0 Å². The molecular weight excluding hydrogens is 218 g/mol. The molecule has 1 unspecified atom stereocenters. The van der Waals surface area contributed by atoms with E-state index in [0.29, 0.717) is 6.54 Å². The second-order valence-electron chi connectivity index (χ2n) is 4.31. The molecule has 0 aromatic carbocycles. The van der Waals surface area contributed by atoms with Gasteiger partial charge in [0, 0.05) is 11.8 Å². The van der Waals surface area contributed by atoms with E-state index < -0.39 is 5.69 Å². The van der Waals surface area contributed by atoms with Gasteiger partial charge >= 0.3 is 5.69 Å². The van der Waals surface area contributed by atoms with Crippen molar-refractivity contribution < 1.29 is 0 Å². The van der Waals surface area contributed by atoms with Gasteiger partial charge in [-0.1, -0.05) is 19.8 Å². The number of aromatic nitrogens is 2. The Hall–Kier alpha value is -1.36. The van der Waals surface area contributed by atoms with Crippen molar-refractivity contribution in [3.8, 4) is 0 Å². The van der Waals surface area contributed by atoms with E-state index in [9.17, 15) is 9.59 Å². The molecule has 0 aliphatic carbocycles. The number of unbranched alkanes of at least 4 members (excludes halogenated alkanes) is 1. The first-order valence-electron chi connectivity index (χ1n) is 6.21. The van der Waals surface area contributed by atoms with Gasteiger partial charge < -0.3 is 10.7 Å². The molecule has 1 heterocycles. The molecule has 0 fully saturated rings. The smallest absolute Gasteiger partial charge is 0.325 e. The van der Waals surface area contributed by atoms with Gasteiger partial charge in [-0.15, -0.1) is 0 Å². The van der Waals surface area contributed by atoms with Crippen LogP contribution in [0, 0.1) is 0 Å². The second kappa shape index (κ2) is 7.06. The summed E-state index contributed by atoms with van der Waals surface area (Å²) in [5.41, 5.74) is 5.46. The third-order valence-electron chi connectivity index (χ3n) is 2.86. The van der Waals surface area contributed by atoms with Crippen molar-refractivity contribution >= 4 is 0 Å². The first-order chi connectivity index (χ1) is 8.17. The van der Waals surface area contributed by atoms with E-state index >= 15 is 0 Å². The van der Waals surface area contributed by atoms with Crippen LogP contribution in [-0.4, -0.2) is 16.5 Å². The maximum absolute atomic E-state index is 11.3. The number of nitrogens with one attached hydrogen (secondary N) is 2. The van der Waals surface area contributed by atoms with Crippen LogP contribution in [0.1, 0.15) is 50.6 Å². The average molecular weight is 239 g/mol. The molecule has 0 amide bonds. The third-order valence-corrected chi connectivity index (χ3v) is 2.86. The predicted molar refractivity (Wildman–Crippen MR) is 68.2 cm³/mol. The molecular formula is C12H21N3O2. The summed E-state index contributed by atoms with van der Waals surface area (Å²) in [4.78, 5) is 27.4. The Bertz CT molecular complexity index is 408. The molecule has 4 N–H and O–H groups in total. The molecule has 1 aromatic rings. The predicted octanol–water partition coefficient (Wildman–Crippen LogP) is 1.08. The summed E-state index contributed by atoms with van der Waals surface area (Å²) in [6.45, 7) is 2.78. The summed E-state index contributed by atoms with van der Waals surface area (Å²) >= 11 is 0. The van der Waals surface area contributed by atoms with Gasteiger partial charge in [0.25, 0.3) is 5.56 Å². The average Bonchev–Trinajstić information content (AvgIpc) is 2.27. The standard InChI is InChI=1S/C12H21N3O2/c1-2-5-9(6-3-4-7-13)10-8-11(16)15-12(17)14-10/h8-9H,2-7,13H2,1H3,(H2,14,15,16,17). The molecule has 0 radical (unpaired) electrons. The highest BCUT2D eigenvalue weighted by molar-refractivity contribution is 5.05. The molecule has 0 saturated heterocycles. The fourth-order valence-electron chi connectivity index (χ4n) is 2.05. The van der Waals surface area contributed by atoms with Gasteiger partial charge in [-0.3, -0.25) is 9.78 Å². The molecule has 0 aliphatic rings. The van der Waals surface area contributed by atoms with Gasteiger partial charge in [0.05, 0.1) is 0 Å². The van der Waals surface area contributed by atoms with E-state index in [1.807, 2.05) is 0 Å². The molecule has 0 aliphatic heterocycles. The summed E-state index contributed by atoms with van der Waals surface area (Å²) in [6, 6.07) is 1.49. The summed E-state index contributed by atoms with van der Waals surface area (Å²) in [7, 11) is 0. The Labute approximate surface area is 100 Å². The zero-order valence-electron chi connectivity index (χ0n) is 10.3. The van der Waals surface area contributed by atoms with Crippen LogP contribution in [0.3, 0.4) is 0 Å². The number of nitrogens with two attached hydrogens (primary N) is 1. The summed E-state index contributed by atoms with van der Waals surface area (Å²) < 4.78 is 0. The molecule has 96 valence electrons. The van der Waals surface area contributed by atoms with E-state index in [4.69, 9.17) is 5.73 Å². The van der Waals surface area contributed by atoms with Crippen molar-refractivity contribution in [3.05, 3.63) is 32.6 Å². The minimum atomic E-state index is -0.424. The van der Waals surface area contributed by atoms with E-state index in [1.54, 1.807) is 0 Å². The normalized spacial score (nSPS) is 12.6. The van der Waals surface area contributed by atoms with Crippen molar-refractivity contribution in [2.45, 2.75) is 44.9 Å². The lowest BCUT2D eigenvalue weighted by atomic mass is 9.93. The molecule has 5 heteroatoms. The largest absolute Gasteiger partial charge is 0.330 e. The molecule has 0 bridgehead atoms. The summed E-state index contributed by atoms with van der Waals surface area (Å²) in [6.07, 6.45) is 4.97. The van der Waals surface area contributed by atoms with Crippen molar-refractivity contribution in [3.63, 3.8) is 0 Å². The molecule has 17 heavy (non-hydrogen) atoms. The molecule has 0 spiro atoms. The molecule has 1 rings (SSSR count). The van der Waals surface area contributed by atoms with E-state index in [0.717, 1.165) is 37.8 Å². The lowest BCUT2D eigenvalue weighted by Gasteiger charge is -2.15. The van der Waals surface area contributed by atoms with Crippen LogP contribution in [0.5, 0.6) is 0 Å². The molecule has 1 aromatic heterocycles. The summed E-state index contributed by atoms with van der Waals surface area (Å²) in [5, 5.41) is 0. The van der Waals surface area contributed by atoms with Crippen molar-refractivity contribution in [2.75, 3.05) is 6.54 Å². The van der Waals surface area contributed by atoms with Crippen molar-refractivity contribution in [2.24, 2.45) is 5.73 Å². The Balaban J connectivity index is 2.81. The quantitative estimate of drug-likeness (QED) is 0.622. The van der Waals surface area contributed by atoms with Gasteiger partial charge in [0.2, 0.25) is 0 Å². The fraction of sp³-hybridized carbons (Fsp3) is 0.667. The van der Waals surface area contributed by atoms with Crippen LogP contribution in [0.15, 0.2) is 15.7 Å². The maximum Gasteiger partial charge on any atom is 0.325 e. The minimum absolute atomic E-state index is 0.251. The van der Waals surface area contributed by atoms with Gasteiger partial charge in [0.1, 0.15) is 0 Å². The van der Waals surface area contributed by atoms with Gasteiger partial charge in [0.15, 0.2) is 0 Å².